The number of thioether (sulfide) groups is 1. The smallest absolute Gasteiger partial charge is 0.131 e. The van der Waals surface area contributed by atoms with Crippen LogP contribution in [0.5, 0.6) is 0 Å². The van der Waals surface area contributed by atoms with Crippen molar-refractivity contribution in [3.8, 4) is 0 Å². The van der Waals surface area contributed by atoms with E-state index in [2.05, 4.69) is 24.4 Å². The second-order valence-corrected chi connectivity index (χ2v) is 5.71. The Morgan fingerprint density at radius 3 is 2.47 bits per heavy atom. The zero-order chi connectivity index (χ0) is 12.5. The Labute approximate surface area is 113 Å². The van der Waals surface area contributed by atoms with Gasteiger partial charge in [0.05, 0.1) is 0 Å². The van der Waals surface area contributed by atoms with Gasteiger partial charge in [-0.1, -0.05) is 48.2 Å². The van der Waals surface area contributed by atoms with Crippen LogP contribution in [-0.4, -0.2) is 17.4 Å². The summed E-state index contributed by atoms with van der Waals surface area (Å²) in [6.07, 6.45) is 2.78. The highest BCUT2D eigenvalue weighted by Crippen LogP contribution is 2.15. The van der Waals surface area contributed by atoms with Gasteiger partial charge < -0.3 is 11.1 Å². The van der Waals surface area contributed by atoms with Gasteiger partial charge in [0.1, 0.15) is 4.32 Å². The van der Waals surface area contributed by atoms with Gasteiger partial charge in [-0.3, -0.25) is 0 Å². The van der Waals surface area contributed by atoms with E-state index < -0.39 is 0 Å². The van der Waals surface area contributed by atoms with E-state index >= 15 is 0 Å². The summed E-state index contributed by atoms with van der Waals surface area (Å²) >= 11 is 6.29. The van der Waals surface area contributed by atoms with E-state index in [0.717, 1.165) is 5.75 Å². The molecule has 1 heterocycles. The fourth-order valence-corrected chi connectivity index (χ4v) is 2.34. The minimum atomic E-state index is 0.512. The minimum absolute atomic E-state index is 0.512. The lowest BCUT2D eigenvalue weighted by atomic mass is 10.1. The fourth-order valence-electron chi connectivity index (χ4n) is 1.55. The van der Waals surface area contributed by atoms with Crippen LogP contribution in [0.15, 0.2) is 24.3 Å². The molecule has 94 valence electrons. The predicted octanol–water partition coefficient (Wildman–Crippen LogP) is 2.84. The van der Waals surface area contributed by atoms with E-state index in [-0.39, 0.29) is 0 Å². The number of nitrogens with two attached hydrogens (primary N) is 1. The Balaban J connectivity index is 0.000000239. The van der Waals surface area contributed by atoms with Crippen molar-refractivity contribution < 1.29 is 0 Å². The van der Waals surface area contributed by atoms with E-state index in [4.69, 9.17) is 18.0 Å². The first-order chi connectivity index (χ1) is 8.20. The van der Waals surface area contributed by atoms with E-state index in [1.165, 1.54) is 48.8 Å². The molecule has 1 saturated heterocycles. The highest BCUT2D eigenvalue weighted by Gasteiger charge is 1.97. The molecule has 1 aromatic carbocycles. The van der Waals surface area contributed by atoms with Crippen LogP contribution in [0.4, 0.5) is 0 Å². The molecule has 2 rings (SSSR count). The van der Waals surface area contributed by atoms with Crippen LogP contribution in [0.1, 0.15) is 24.0 Å². The maximum Gasteiger partial charge on any atom is 0.131 e. The van der Waals surface area contributed by atoms with Gasteiger partial charge in [-0.25, -0.2) is 0 Å². The molecule has 1 aliphatic heterocycles. The highest BCUT2D eigenvalue weighted by atomic mass is 32.2. The normalized spacial score (nSPS) is 13.9. The topological polar surface area (TPSA) is 38.0 Å². The molecule has 1 aromatic rings. The summed E-state index contributed by atoms with van der Waals surface area (Å²) in [6.45, 7) is 4.59. The molecule has 0 saturated carbocycles. The number of benzene rings is 1. The van der Waals surface area contributed by atoms with Crippen LogP contribution < -0.4 is 11.1 Å². The SMILES string of the molecule is C1CCNC1.Cc1ccccc1CSC(N)=S. The van der Waals surface area contributed by atoms with Crippen molar-refractivity contribution in [2.75, 3.05) is 13.1 Å². The molecule has 0 atom stereocenters. The van der Waals surface area contributed by atoms with Gasteiger partial charge in [-0.05, 0) is 44.0 Å². The summed E-state index contributed by atoms with van der Waals surface area (Å²) < 4.78 is 0.512. The molecule has 0 aliphatic carbocycles. The van der Waals surface area contributed by atoms with Crippen molar-refractivity contribution >= 4 is 28.3 Å². The molecule has 0 unspecified atom stereocenters. The summed E-state index contributed by atoms with van der Waals surface area (Å²) in [6, 6.07) is 8.25. The van der Waals surface area contributed by atoms with Gasteiger partial charge in [0.15, 0.2) is 0 Å². The van der Waals surface area contributed by atoms with Gasteiger partial charge in [-0.15, -0.1) is 0 Å². The summed E-state index contributed by atoms with van der Waals surface area (Å²) in [4.78, 5) is 0. The molecule has 0 spiro atoms. The quantitative estimate of drug-likeness (QED) is 0.809. The lowest BCUT2D eigenvalue weighted by Gasteiger charge is -2.02. The van der Waals surface area contributed by atoms with E-state index in [1.807, 2.05) is 12.1 Å². The molecular weight excluding hydrogens is 248 g/mol. The molecule has 0 bridgehead atoms. The first-order valence-electron chi connectivity index (χ1n) is 5.87. The fraction of sp³-hybridized carbons (Fsp3) is 0.462. The number of thiocarbonyl (C=S) groups is 1. The van der Waals surface area contributed by atoms with Crippen molar-refractivity contribution in [3.05, 3.63) is 35.4 Å². The molecule has 1 fully saturated rings. The first kappa shape index (κ1) is 14.5. The number of hydrogen-bond acceptors (Lipinski definition) is 3. The highest BCUT2D eigenvalue weighted by molar-refractivity contribution is 8.22. The number of aryl methyl sites for hydroxylation is 1. The molecule has 1 aliphatic rings. The predicted molar refractivity (Wildman–Crippen MR) is 81.4 cm³/mol. The van der Waals surface area contributed by atoms with Crippen molar-refractivity contribution in [2.45, 2.75) is 25.5 Å². The van der Waals surface area contributed by atoms with Crippen LogP contribution in [0.25, 0.3) is 0 Å². The maximum absolute atomic E-state index is 5.38. The molecular formula is C13H20N2S2. The van der Waals surface area contributed by atoms with Crippen molar-refractivity contribution in [3.63, 3.8) is 0 Å². The average molecular weight is 268 g/mol. The van der Waals surface area contributed by atoms with Crippen LogP contribution in [0.2, 0.25) is 0 Å². The average Bonchev–Trinajstić information content (AvgIpc) is 2.86. The van der Waals surface area contributed by atoms with E-state index in [1.54, 1.807) is 0 Å². The zero-order valence-electron chi connectivity index (χ0n) is 10.2. The molecule has 0 aromatic heterocycles. The number of nitrogens with one attached hydrogen (secondary N) is 1. The largest absolute Gasteiger partial charge is 0.385 e. The Bertz CT molecular complexity index is 341. The Kier molecular flexibility index (Phi) is 7.24. The summed E-state index contributed by atoms with van der Waals surface area (Å²) in [5, 5.41) is 3.22. The molecule has 4 heteroatoms. The Morgan fingerprint density at radius 2 is 2.00 bits per heavy atom. The number of hydrogen-bond donors (Lipinski definition) is 2. The van der Waals surface area contributed by atoms with Crippen LogP contribution >= 0.6 is 24.0 Å². The van der Waals surface area contributed by atoms with Gasteiger partial charge in [-0.2, -0.15) is 0 Å². The third-order valence-electron chi connectivity index (χ3n) is 2.59. The van der Waals surface area contributed by atoms with Gasteiger partial charge >= 0.3 is 0 Å². The molecule has 17 heavy (non-hydrogen) atoms. The Morgan fingerprint density at radius 1 is 1.35 bits per heavy atom. The molecule has 3 N–H and O–H groups in total. The standard InChI is InChI=1S/C9H11NS2.C4H9N/c1-7-4-2-3-5-8(7)6-12-9(10)11;1-2-4-5-3-1/h2-5H,6H2,1H3,(H2,10,11);5H,1-4H2. The van der Waals surface area contributed by atoms with Crippen LogP contribution in [0.3, 0.4) is 0 Å². The monoisotopic (exact) mass is 268 g/mol. The summed E-state index contributed by atoms with van der Waals surface area (Å²) in [7, 11) is 0. The molecule has 0 amide bonds. The molecule has 0 radical (unpaired) electrons. The van der Waals surface area contributed by atoms with Gasteiger partial charge in [0, 0.05) is 5.75 Å². The van der Waals surface area contributed by atoms with Crippen molar-refractivity contribution in [1.82, 2.24) is 5.32 Å². The lowest BCUT2D eigenvalue weighted by Crippen LogP contribution is -2.03. The van der Waals surface area contributed by atoms with E-state index in [0.29, 0.717) is 4.32 Å². The van der Waals surface area contributed by atoms with Crippen molar-refractivity contribution in [2.24, 2.45) is 5.73 Å². The van der Waals surface area contributed by atoms with Gasteiger partial charge in [0.2, 0.25) is 0 Å². The van der Waals surface area contributed by atoms with Gasteiger partial charge in [0.25, 0.3) is 0 Å². The third kappa shape index (κ3) is 6.66. The summed E-state index contributed by atoms with van der Waals surface area (Å²) in [5.41, 5.74) is 7.98. The molecule has 2 nitrogen and oxygen atoms in total. The number of rotatable bonds is 2. The third-order valence-corrected chi connectivity index (χ3v) is 3.68. The maximum atomic E-state index is 5.38. The first-order valence-corrected chi connectivity index (χ1v) is 7.27. The second kappa shape index (κ2) is 8.50. The van der Waals surface area contributed by atoms with E-state index in [9.17, 15) is 0 Å². The van der Waals surface area contributed by atoms with Crippen LogP contribution in [0, 0.1) is 6.92 Å². The minimum Gasteiger partial charge on any atom is -0.385 e. The zero-order valence-corrected chi connectivity index (χ0v) is 11.9. The Hall–Kier alpha value is -0.580. The van der Waals surface area contributed by atoms with Crippen molar-refractivity contribution in [1.29, 1.82) is 0 Å². The lowest BCUT2D eigenvalue weighted by molar-refractivity contribution is 0.857. The second-order valence-electron chi connectivity index (χ2n) is 3.99. The van der Waals surface area contributed by atoms with Crippen LogP contribution in [-0.2, 0) is 5.75 Å². The summed E-state index contributed by atoms with van der Waals surface area (Å²) in [5.74, 6) is 0.877.